The highest BCUT2D eigenvalue weighted by Gasteiger charge is 2.66. The molecule has 0 radical (unpaired) electrons. The lowest BCUT2D eigenvalue weighted by Crippen LogP contribution is -2.52. The molecule has 1 aromatic carbocycles. The van der Waals surface area contributed by atoms with Gasteiger partial charge in [0.2, 0.25) is 0 Å². The number of fused-ring (bicyclic) bond motifs is 2. The van der Waals surface area contributed by atoms with Crippen LogP contribution in [0.1, 0.15) is 31.4 Å². The summed E-state index contributed by atoms with van der Waals surface area (Å²) in [6.07, 6.45) is -5.69. The Bertz CT molecular complexity index is 1580. The molecule has 0 saturated heterocycles. The second-order valence-electron chi connectivity index (χ2n) is 9.05. The van der Waals surface area contributed by atoms with Crippen LogP contribution in [-0.4, -0.2) is 46.3 Å². The van der Waals surface area contributed by atoms with Crippen LogP contribution >= 0.6 is 0 Å². The van der Waals surface area contributed by atoms with Crippen molar-refractivity contribution in [2.75, 3.05) is 5.75 Å². The van der Waals surface area contributed by atoms with E-state index in [2.05, 4.69) is 19.4 Å². The van der Waals surface area contributed by atoms with E-state index in [1.165, 1.54) is 0 Å². The lowest BCUT2D eigenvalue weighted by molar-refractivity contribution is -0.391. The summed E-state index contributed by atoms with van der Waals surface area (Å²) in [6, 6.07) is 6.15. The first kappa shape index (κ1) is 23.9. The Morgan fingerprint density at radius 3 is 2.27 bits per heavy atom. The third kappa shape index (κ3) is 3.70. The molecule has 194 valence electrons. The summed E-state index contributed by atoms with van der Waals surface area (Å²) in [7, 11) is 1.92. The predicted octanol–water partition coefficient (Wildman–Crippen LogP) is 5.00. The number of aromatic nitrogens is 5. The highest BCUT2D eigenvalue weighted by molar-refractivity contribution is 7.85. The van der Waals surface area contributed by atoms with Gasteiger partial charge < -0.3 is 18.6 Å². The molecule has 0 spiro atoms. The molecular weight excluding hydrogens is 514 g/mol. The van der Waals surface area contributed by atoms with Crippen LogP contribution in [0.2, 0.25) is 0 Å². The number of halogens is 4. The maximum Gasteiger partial charge on any atom is 0.507 e. The second kappa shape index (κ2) is 8.01. The molecule has 0 bridgehead atoms. The summed E-state index contributed by atoms with van der Waals surface area (Å²) < 4.78 is 79.7. The van der Waals surface area contributed by atoms with E-state index in [1.807, 2.05) is 12.1 Å². The number of imidazole rings is 2. The van der Waals surface area contributed by atoms with E-state index in [0.717, 1.165) is 36.2 Å². The van der Waals surface area contributed by atoms with Gasteiger partial charge in [0.15, 0.2) is 17.3 Å². The van der Waals surface area contributed by atoms with Gasteiger partial charge in [-0.1, -0.05) is 6.92 Å². The van der Waals surface area contributed by atoms with Crippen LogP contribution in [0.25, 0.3) is 33.9 Å². The molecule has 1 fully saturated rings. The van der Waals surface area contributed by atoms with Crippen LogP contribution in [0.3, 0.4) is 0 Å². The zero-order chi connectivity index (χ0) is 26.3. The van der Waals surface area contributed by atoms with Gasteiger partial charge in [0.05, 0.1) is 21.8 Å². The first-order chi connectivity index (χ1) is 17.5. The molecule has 1 aliphatic carbocycles. The van der Waals surface area contributed by atoms with E-state index in [9.17, 15) is 21.8 Å². The number of hydrogen-bond acceptors (Lipinski definition) is 6. The zero-order valence-electron chi connectivity index (χ0n) is 20.0. The molecule has 1 saturated carbocycles. The summed E-state index contributed by atoms with van der Waals surface area (Å²) in [5.41, 5.74) is 2.58. The van der Waals surface area contributed by atoms with Gasteiger partial charge in [-0.2, -0.15) is 17.6 Å². The fraction of sp³-hybridized carbons (Fsp3) is 0.375. The molecule has 37 heavy (non-hydrogen) atoms. The Morgan fingerprint density at radius 1 is 1.00 bits per heavy atom. The van der Waals surface area contributed by atoms with E-state index in [1.54, 1.807) is 36.4 Å². The SMILES string of the molecule is CCS(=O)c1c(-c2nc3cc4c(cc3n2C)OC(F)(F)C(F)(F)O4)nc(-c2ccc(C3CC3)nc2)n1C. The van der Waals surface area contributed by atoms with Crippen molar-refractivity contribution < 1.29 is 31.2 Å². The van der Waals surface area contributed by atoms with Crippen molar-refractivity contribution >= 4 is 21.8 Å². The average molecular weight is 536 g/mol. The van der Waals surface area contributed by atoms with E-state index in [0.29, 0.717) is 33.7 Å². The lowest BCUT2D eigenvalue weighted by Gasteiger charge is -2.31. The molecule has 1 aliphatic heterocycles. The Hall–Kier alpha value is -3.48. The van der Waals surface area contributed by atoms with Gasteiger partial charge in [-0.3, -0.25) is 9.19 Å². The van der Waals surface area contributed by atoms with Crippen molar-refractivity contribution in [3.63, 3.8) is 0 Å². The minimum Gasteiger partial charge on any atom is -0.421 e. The molecule has 1 atom stereocenters. The van der Waals surface area contributed by atoms with Crippen molar-refractivity contribution in [2.45, 2.75) is 42.9 Å². The standard InChI is InChI=1S/C24H21F4N5O3S/c1-4-37(34)22-19(31-20(33(22)3)13-7-8-14(29-11-13)12-5-6-12)21-30-15-9-17-18(10-16(15)32(21)2)36-24(27,28)23(25,26)35-17/h7-12H,4-6H2,1-3H3. The highest BCUT2D eigenvalue weighted by Crippen LogP contribution is 2.48. The van der Waals surface area contributed by atoms with Crippen molar-refractivity contribution in [2.24, 2.45) is 14.1 Å². The molecular formula is C24H21F4N5O3S. The smallest absolute Gasteiger partial charge is 0.421 e. The third-order valence-electron chi connectivity index (χ3n) is 6.53. The average Bonchev–Trinajstić information content (AvgIpc) is 3.58. The number of rotatable bonds is 5. The Balaban J connectivity index is 1.49. The highest BCUT2D eigenvalue weighted by atomic mass is 32.2. The van der Waals surface area contributed by atoms with Crippen molar-refractivity contribution in [3.8, 4) is 34.4 Å². The minimum absolute atomic E-state index is 0.191. The number of nitrogens with zero attached hydrogens (tertiary/aromatic N) is 5. The number of alkyl halides is 4. The molecule has 0 amide bonds. The molecule has 4 heterocycles. The summed E-state index contributed by atoms with van der Waals surface area (Å²) in [5, 5.41) is 0.414. The largest absolute Gasteiger partial charge is 0.507 e. The molecule has 8 nitrogen and oxygen atoms in total. The van der Waals surface area contributed by atoms with Gasteiger partial charge in [0.1, 0.15) is 16.5 Å². The fourth-order valence-corrected chi connectivity index (χ4v) is 5.43. The predicted molar refractivity (Wildman–Crippen MR) is 126 cm³/mol. The number of ether oxygens (including phenoxy) is 2. The molecule has 4 aromatic rings. The fourth-order valence-electron chi connectivity index (χ4n) is 4.41. The lowest BCUT2D eigenvalue weighted by atomic mass is 10.2. The molecule has 1 unspecified atom stereocenters. The van der Waals surface area contributed by atoms with E-state index in [-0.39, 0.29) is 11.3 Å². The van der Waals surface area contributed by atoms with Crippen LogP contribution < -0.4 is 9.47 Å². The number of pyridine rings is 1. The number of benzene rings is 1. The Kier molecular flexibility index (Phi) is 5.17. The van der Waals surface area contributed by atoms with Gasteiger partial charge >= 0.3 is 12.2 Å². The Morgan fingerprint density at radius 2 is 1.68 bits per heavy atom. The zero-order valence-corrected chi connectivity index (χ0v) is 20.8. The van der Waals surface area contributed by atoms with Gasteiger partial charge in [-0.15, -0.1) is 0 Å². The topological polar surface area (TPSA) is 84.1 Å². The molecule has 3 aromatic heterocycles. The minimum atomic E-state index is -4.84. The quantitative estimate of drug-likeness (QED) is 0.335. The van der Waals surface area contributed by atoms with Crippen molar-refractivity contribution in [1.82, 2.24) is 24.1 Å². The normalized spacial score (nSPS) is 18.8. The van der Waals surface area contributed by atoms with Gasteiger partial charge in [-0.25, -0.2) is 9.97 Å². The first-order valence-corrected chi connectivity index (χ1v) is 12.9. The van der Waals surface area contributed by atoms with Crippen molar-refractivity contribution in [3.05, 3.63) is 36.2 Å². The molecule has 0 N–H and O–H groups in total. The number of aryl methyl sites for hydroxylation is 1. The summed E-state index contributed by atoms with van der Waals surface area (Å²) >= 11 is 0. The molecule has 13 heteroatoms. The third-order valence-corrected chi connectivity index (χ3v) is 7.96. The van der Waals surface area contributed by atoms with Gasteiger partial charge in [-0.05, 0) is 25.0 Å². The number of hydrogen-bond donors (Lipinski definition) is 0. The van der Waals surface area contributed by atoms with Crippen LogP contribution in [0.5, 0.6) is 11.5 Å². The van der Waals surface area contributed by atoms with Crippen LogP contribution in [-0.2, 0) is 24.9 Å². The molecule has 2 aliphatic rings. The Labute approximate surface area is 210 Å². The van der Waals surface area contributed by atoms with E-state index < -0.39 is 34.5 Å². The van der Waals surface area contributed by atoms with Crippen LogP contribution in [0, 0.1) is 0 Å². The van der Waals surface area contributed by atoms with E-state index in [4.69, 9.17) is 4.98 Å². The first-order valence-electron chi connectivity index (χ1n) is 11.6. The van der Waals surface area contributed by atoms with Crippen LogP contribution in [0.15, 0.2) is 35.5 Å². The maximum absolute atomic E-state index is 13.7. The van der Waals surface area contributed by atoms with Crippen LogP contribution in [0.4, 0.5) is 17.6 Å². The van der Waals surface area contributed by atoms with Gasteiger partial charge in [0, 0.05) is 55.4 Å². The van der Waals surface area contributed by atoms with E-state index >= 15 is 0 Å². The molecule has 6 rings (SSSR count). The monoisotopic (exact) mass is 535 g/mol. The van der Waals surface area contributed by atoms with Crippen molar-refractivity contribution in [1.29, 1.82) is 0 Å². The second-order valence-corrected chi connectivity index (χ2v) is 10.7. The summed E-state index contributed by atoms with van der Waals surface area (Å²) in [6.45, 7) is 1.77. The maximum atomic E-state index is 13.7. The van der Waals surface area contributed by atoms with Gasteiger partial charge in [0.25, 0.3) is 0 Å². The summed E-state index contributed by atoms with van der Waals surface area (Å²) in [5.74, 6) is 0.506. The summed E-state index contributed by atoms with van der Waals surface area (Å²) in [4.78, 5) is 13.8.